The van der Waals surface area contributed by atoms with Crippen LogP contribution in [0, 0.1) is 0 Å². The molecular formula is C21H36O2Sn. The summed E-state index contributed by atoms with van der Waals surface area (Å²) in [5, 5.41) is 0. The number of hydrogen-bond acceptors (Lipinski definition) is 2. The first-order valence-corrected chi connectivity index (χ1v) is 9.12. The standard InChI is InChI=1S/C9H6O2.3C4H10.Sn/c10-9-6-5-7-3-1-2-4-8(7)11-9;3*1-3-4-2;/h1,3-6,8H;3*3-4H2,1-2H3;. The van der Waals surface area contributed by atoms with Crippen molar-refractivity contribution in [2.75, 3.05) is 0 Å². The first-order valence-electron chi connectivity index (χ1n) is 9.12. The van der Waals surface area contributed by atoms with Crippen LogP contribution in [0.4, 0.5) is 0 Å². The number of fused-ring (bicyclic) bond motifs is 1. The summed E-state index contributed by atoms with van der Waals surface area (Å²) < 4.78 is 4.96. The molecule has 0 saturated carbocycles. The summed E-state index contributed by atoms with van der Waals surface area (Å²) >= 11 is 0. The van der Waals surface area contributed by atoms with Crippen molar-refractivity contribution in [1.29, 1.82) is 0 Å². The molecule has 0 aromatic rings. The molecule has 0 N–H and O–H groups in total. The molecule has 136 valence electrons. The second-order valence-corrected chi connectivity index (χ2v) is 5.36. The Morgan fingerprint density at radius 1 is 0.875 bits per heavy atom. The molecule has 24 heavy (non-hydrogen) atoms. The van der Waals surface area contributed by atoms with Gasteiger partial charge in [0.2, 0.25) is 0 Å². The van der Waals surface area contributed by atoms with Gasteiger partial charge in [-0.25, -0.2) is 4.79 Å². The first-order chi connectivity index (χ1) is 11.1. The smallest absolute Gasteiger partial charge is 0.331 e. The van der Waals surface area contributed by atoms with Gasteiger partial charge in [-0.1, -0.05) is 80.1 Å². The summed E-state index contributed by atoms with van der Waals surface area (Å²) in [6.07, 6.45) is 16.3. The molecule has 0 aromatic heterocycles. The fourth-order valence-electron chi connectivity index (χ4n) is 1.06. The molecule has 1 atom stereocenters. The maximum absolute atomic E-state index is 10.7. The Labute approximate surface area is 167 Å². The zero-order valence-electron chi connectivity index (χ0n) is 16.5. The van der Waals surface area contributed by atoms with E-state index in [0.29, 0.717) is 0 Å². The fraction of sp³-hybridized carbons (Fsp3) is 0.619. The summed E-state index contributed by atoms with van der Waals surface area (Å²) in [6, 6.07) is 0. The molecule has 0 spiro atoms. The van der Waals surface area contributed by atoms with E-state index in [9.17, 15) is 4.79 Å². The summed E-state index contributed by atoms with van der Waals surface area (Å²) in [7, 11) is 0. The van der Waals surface area contributed by atoms with Crippen LogP contribution < -0.4 is 0 Å². The number of hydrogen-bond donors (Lipinski definition) is 0. The van der Waals surface area contributed by atoms with Crippen LogP contribution in [0.5, 0.6) is 0 Å². The van der Waals surface area contributed by atoms with Crippen molar-refractivity contribution >= 4 is 29.9 Å². The van der Waals surface area contributed by atoms with E-state index >= 15 is 0 Å². The monoisotopic (exact) mass is 440 g/mol. The van der Waals surface area contributed by atoms with Gasteiger partial charge in [0.15, 0.2) is 6.10 Å². The van der Waals surface area contributed by atoms with Crippen LogP contribution in [0.3, 0.4) is 0 Å². The van der Waals surface area contributed by atoms with Gasteiger partial charge in [-0.3, -0.25) is 0 Å². The van der Waals surface area contributed by atoms with Crippen LogP contribution in [0.2, 0.25) is 0 Å². The minimum atomic E-state index is -0.285. The molecule has 0 saturated heterocycles. The number of carbonyl (C=O) groups is 1. The van der Waals surface area contributed by atoms with Crippen molar-refractivity contribution in [3.63, 3.8) is 0 Å². The van der Waals surface area contributed by atoms with E-state index in [2.05, 4.69) is 47.3 Å². The first kappa shape index (κ1) is 28.1. The number of carbonyl (C=O) groups excluding carboxylic acids is 1. The fourth-order valence-corrected chi connectivity index (χ4v) is 1.06. The second kappa shape index (κ2) is 22.3. The molecule has 0 bridgehead atoms. The van der Waals surface area contributed by atoms with Crippen LogP contribution >= 0.6 is 0 Å². The molecule has 2 rings (SSSR count). The predicted molar refractivity (Wildman–Crippen MR) is 107 cm³/mol. The van der Waals surface area contributed by atoms with Gasteiger partial charge >= 0.3 is 5.97 Å². The number of unbranched alkanes of at least 4 members (excludes halogenated alkanes) is 3. The average Bonchev–Trinajstić information content (AvgIpc) is 2.62. The van der Waals surface area contributed by atoms with Crippen molar-refractivity contribution in [2.24, 2.45) is 0 Å². The molecule has 1 aliphatic heterocycles. The van der Waals surface area contributed by atoms with Gasteiger partial charge in [0.1, 0.15) is 0 Å². The van der Waals surface area contributed by atoms with Crippen molar-refractivity contribution in [3.8, 4) is 0 Å². The molecule has 1 heterocycles. The Bertz CT molecular complexity index is 387. The van der Waals surface area contributed by atoms with E-state index in [-0.39, 0.29) is 36.0 Å². The number of rotatable bonds is 3. The van der Waals surface area contributed by atoms with E-state index in [1.165, 1.54) is 44.6 Å². The van der Waals surface area contributed by atoms with Gasteiger partial charge in [0.25, 0.3) is 0 Å². The van der Waals surface area contributed by atoms with Crippen molar-refractivity contribution in [1.82, 2.24) is 0 Å². The van der Waals surface area contributed by atoms with Crippen LogP contribution in [-0.4, -0.2) is 36.0 Å². The van der Waals surface area contributed by atoms with Crippen LogP contribution in [0.25, 0.3) is 0 Å². The van der Waals surface area contributed by atoms with Gasteiger partial charge in [0.05, 0.1) is 0 Å². The van der Waals surface area contributed by atoms with Crippen molar-refractivity contribution in [3.05, 3.63) is 41.7 Å². The van der Waals surface area contributed by atoms with Gasteiger partial charge < -0.3 is 4.74 Å². The molecular weight excluding hydrogens is 403 g/mol. The zero-order valence-corrected chi connectivity index (χ0v) is 19.4. The van der Waals surface area contributed by atoms with Crippen LogP contribution in [0.15, 0.2) is 41.7 Å². The molecule has 0 aromatic carbocycles. The number of ether oxygens (including phenoxy) is 1. The van der Waals surface area contributed by atoms with E-state index in [0.717, 1.165) is 5.57 Å². The zero-order chi connectivity index (χ0) is 17.9. The van der Waals surface area contributed by atoms with E-state index < -0.39 is 0 Å². The molecule has 2 aliphatic rings. The van der Waals surface area contributed by atoms with E-state index in [1.807, 2.05) is 6.08 Å². The topological polar surface area (TPSA) is 26.3 Å². The molecule has 0 amide bonds. The largest absolute Gasteiger partial charge is 0.449 e. The van der Waals surface area contributed by atoms with Crippen molar-refractivity contribution < 1.29 is 9.53 Å². The molecule has 3 heteroatoms. The third-order valence-electron chi connectivity index (χ3n) is 3.10. The van der Waals surface area contributed by atoms with E-state index in [1.54, 1.807) is 18.2 Å². The molecule has 1 aliphatic carbocycles. The third-order valence-corrected chi connectivity index (χ3v) is 3.10. The maximum Gasteiger partial charge on any atom is 0.331 e. The predicted octanol–water partition coefficient (Wildman–Crippen LogP) is 6.16. The summed E-state index contributed by atoms with van der Waals surface area (Å²) in [6.45, 7) is 13.1. The van der Waals surface area contributed by atoms with E-state index in [4.69, 9.17) is 4.74 Å². The number of esters is 1. The third kappa shape index (κ3) is 17.6. The van der Waals surface area contributed by atoms with Crippen molar-refractivity contribution in [2.45, 2.75) is 86.2 Å². The summed E-state index contributed by atoms with van der Waals surface area (Å²) in [5.41, 5.74) is 3.87. The quantitative estimate of drug-likeness (QED) is 0.299. The Kier molecular flexibility index (Phi) is 26.1. The van der Waals surface area contributed by atoms with Gasteiger partial charge in [-0.15, -0.1) is 5.73 Å². The second-order valence-electron chi connectivity index (χ2n) is 5.36. The van der Waals surface area contributed by atoms with Crippen LogP contribution in [-0.2, 0) is 9.53 Å². The summed E-state index contributed by atoms with van der Waals surface area (Å²) in [4.78, 5) is 10.7. The molecule has 4 radical (unpaired) electrons. The van der Waals surface area contributed by atoms with Gasteiger partial charge in [-0.05, 0) is 23.8 Å². The Hall–Kier alpha value is -0.731. The molecule has 1 unspecified atom stereocenters. The summed E-state index contributed by atoms with van der Waals surface area (Å²) in [5.74, 6) is -0.285. The SMILES string of the molecule is CCCC.CCCC.CCCC.O=C1C=CC2=CC=C=CC2O1.[Sn]. The van der Waals surface area contributed by atoms with Crippen LogP contribution in [0.1, 0.15) is 80.1 Å². The minimum Gasteiger partial charge on any atom is -0.449 e. The number of allylic oxidation sites excluding steroid dienone is 1. The minimum absolute atomic E-state index is 0. The van der Waals surface area contributed by atoms with Gasteiger partial charge in [0, 0.05) is 36.1 Å². The average molecular weight is 439 g/mol. The van der Waals surface area contributed by atoms with Gasteiger partial charge in [-0.2, -0.15) is 0 Å². The normalized spacial score (nSPS) is 15.7. The Balaban J connectivity index is -0.000000288. The molecule has 0 fully saturated rings. The Morgan fingerprint density at radius 2 is 1.33 bits per heavy atom. The maximum atomic E-state index is 10.7. The molecule has 2 nitrogen and oxygen atoms in total. The Morgan fingerprint density at radius 3 is 1.75 bits per heavy atom.